The first-order valence-corrected chi connectivity index (χ1v) is 6.72. The van der Waals surface area contributed by atoms with Gasteiger partial charge in [-0.25, -0.2) is 4.98 Å². The molecule has 5 heteroatoms. The highest BCUT2D eigenvalue weighted by atomic mass is 32.1. The Morgan fingerprint density at radius 2 is 1.81 bits per heavy atom. The molecule has 0 aliphatic rings. The largest absolute Gasteiger partial charge is 0.307 e. The Kier molecular flexibility index (Phi) is 2.99. The van der Waals surface area contributed by atoms with E-state index in [-0.39, 0.29) is 4.87 Å². The molecule has 2 aromatic rings. The highest BCUT2D eigenvalue weighted by Crippen LogP contribution is 2.18. The Morgan fingerprint density at radius 3 is 2.25 bits per heavy atom. The Morgan fingerprint density at radius 1 is 1.12 bits per heavy atom. The van der Waals surface area contributed by atoms with Crippen LogP contribution in [0.2, 0.25) is 0 Å². The molecule has 0 spiro atoms. The minimum atomic E-state index is 0.112. The molecule has 2 heterocycles. The van der Waals surface area contributed by atoms with Crippen molar-refractivity contribution < 1.29 is 0 Å². The number of hydrogen-bond donors (Lipinski definition) is 0. The minimum Gasteiger partial charge on any atom is -0.296 e. The van der Waals surface area contributed by atoms with E-state index < -0.39 is 0 Å². The van der Waals surface area contributed by atoms with Gasteiger partial charge in [-0.2, -0.15) is 0 Å². The molecule has 0 aliphatic heterocycles. The van der Waals surface area contributed by atoms with Gasteiger partial charge in [-0.1, -0.05) is 11.3 Å². The van der Waals surface area contributed by atoms with Crippen molar-refractivity contribution in [3.05, 3.63) is 35.8 Å². The van der Waals surface area contributed by atoms with Crippen molar-refractivity contribution in [2.45, 2.75) is 34.2 Å². The number of nitrogens with zero attached hydrogens (tertiary/aromatic N) is 2. The fourth-order valence-electron chi connectivity index (χ4n) is 1.51. The summed E-state index contributed by atoms with van der Waals surface area (Å²) in [5, 5.41) is 1.01. The molecule has 0 radical (unpaired) electrons. The van der Waals surface area contributed by atoms with E-state index in [4.69, 9.17) is 0 Å². The third kappa shape index (κ3) is 1.97. The standard InChI is InChI=1S/C11H14N2OS2/c1-6-8(3)15-10(12-6)5-13-7(2)9(4)16-11(13)14/h5H2,1-4H3. The zero-order valence-electron chi connectivity index (χ0n) is 9.83. The smallest absolute Gasteiger partial charge is 0.296 e. The molecule has 16 heavy (non-hydrogen) atoms. The molecule has 0 saturated carbocycles. The van der Waals surface area contributed by atoms with Crippen LogP contribution in [0.15, 0.2) is 4.79 Å². The van der Waals surface area contributed by atoms with Crippen LogP contribution in [0.1, 0.15) is 26.1 Å². The van der Waals surface area contributed by atoms with Crippen LogP contribution in [-0.2, 0) is 6.54 Å². The summed E-state index contributed by atoms with van der Waals surface area (Å²) in [6.45, 7) is 8.64. The van der Waals surface area contributed by atoms with Gasteiger partial charge in [0.25, 0.3) is 0 Å². The molecule has 0 fully saturated rings. The molecule has 0 saturated heterocycles. The lowest BCUT2D eigenvalue weighted by molar-refractivity contribution is 0.744. The van der Waals surface area contributed by atoms with E-state index in [1.807, 2.05) is 20.8 Å². The van der Waals surface area contributed by atoms with Crippen molar-refractivity contribution >= 4 is 22.7 Å². The number of thiazole rings is 2. The molecule has 0 atom stereocenters. The average Bonchev–Trinajstić information content (AvgIpc) is 2.63. The Labute approximate surface area is 102 Å². The number of rotatable bonds is 2. The van der Waals surface area contributed by atoms with Gasteiger partial charge in [-0.3, -0.25) is 9.36 Å². The molecular formula is C11H14N2OS2. The summed E-state index contributed by atoms with van der Waals surface area (Å²) in [6.07, 6.45) is 0. The summed E-state index contributed by atoms with van der Waals surface area (Å²) in [4.78, 5) is 18.6. The van der Waals surface area contributed by atoms with Gasteiger partial charge in [0, 0.05) is 15.4 Å². The quantitative estimate of drug-likeness (QED) is 0.826. The minimum absolute atomic E-state index is 0.112. The van der Waals surface area contributed by atoms with Gasteiger partial charge >= 0.3 is 4.87 Å². The van der Waals surface area contributed by atoms with Crippen LogP contribution in [-0.4, -0.2) is 9.55 Å². The third-order valence-electron chi connectivity index (χ3n) is 2.74. The zero-order valence-corrected chi connectivity index (χ0v) is 11.5. The topological polar surface area (TPSA) is 34.9 Å². The monoisotopic (exact) mass is 254 g/mol. The first-order valence-electron chi connectivity index (χ1n) is 5.08. The van der Waals surface area contributed by atoms with Gasteiger partial charge in [0.05, 0.1) is 12.2 Å². The molecule has 0 amide bonds. The van der Waals surface area contributed by atoms with Crippen molar-refractivity contribution in [3.8, 4) is 0 Å². The lowest BCUT2D eigenvalue weighted by Gasteiger charge is -2.01. The lowest BCUT2D eigenvalue weighted by Crippen LogP contribution is -2.15. The Balaban J connectivity index is 2.37. The maximum absolute atomic E-state index is 11.7. The molecule has 3 nitrogen and oxygen atoms in total. The van der Waals surface area contributed by atoms with Crippen molar-refractivity contribution in [2.24, 2.45) is 0 Å². The van der Waals surface area contributed by atoms with Gasteiger partial charge in [-0.05, 0) is 27.7 Å². The van der Waals surface area contributed by atoms with Gasteiger partial charge < -0.3 is 0 Å². The fraction of sp³-hybridized carbons (Fsp3) is 0.455. The van der Waals surface area contributed by atoms with E-state index in [2.05, 4.69) is 11.9 Å². The summed E-state index contributed by atoms with van der Waals surface area (Å²) in [5.41, 5.74) is 2.12. The molecule has 0 unspecified atom stereocenters. The second-order valence-electron chi connectivity index (χ2n) is 3.84. The highest BCUT2D eigenvalue weighted by Gasteiger charge is 2.10. The highest BCUT2D eigenvalue weighted by molar-refractivity contribution is 7.11. The summed E-state index contributed by atoms with van der Waals surface area (Å²) < 4.78 is 1.80. The van der Waals surface area contributed by atoms with Crippen molar-refractivity contribution in [1.82, 2.24) is 9.55 Å². The van der Waals surface area contributed by atoms with Crippen LogP contribution in [0.25, 0.3) is 0 Å². The van der Waals surface area contributed by atoms with Gasteiger partial charge in [0.2, 0.25) is 0 Å². The maximum atomic E-state index is 11.7. The van der Waals surface area contributed by atoms with E-state index >= 15 is 0 Å². The average molecular weight is 254 g/mol. The van der Waals surface area contributed by atoms with Crippen molar-refractivity contribution in [2.75, 3.05) is 0 Å². The first kappa shape index (κ1) is 11.5. The molecule has 0 N–H and O–H groups in total. The zero-order chi connectivity index (χ0) is 11.9. The Hall–Kier alpha value is -0.940. The van der Waals surface area contributed by atoms with E-state index in [1.54, 1.807) is 15.9 Å². The first-order chi connectivity index (χ1) is 7.49. The van der Waals surface area contributed by atoms with Crippen molar-refractivity contribution in [3.63, 3.8) is 0 Å². The molecule has 2 rings (SSSR count). The number of aryl methyl sites for hydroxylation is 3. The van der Waals surface area contributed by atoms with Crippen LogP contribution in [0.5, 0.6) is 0 Å². The SMILES string of the molecule is Cc1nc(Cn2c(C)c(C)sc2=O)sc1C. The normalized spacial score (nSPS) is 11.0. The summed E-state index contributed by atoms with van der Waals surface area (Å²) in [7, 11) is 0. The molecule has 2 aromatic heterocycles. The summed E-state index contributed by atoms with van der Waals surface area (Å²) in [5.74, 6) is 0. The lowest BCUT2D eigenvalue weighted by atomic mass is 10.4. The van der Waals surface area contributed by atoms with Crippen LogP contribution in [0.3, 0.4) is 0 Å². The van der Waals surface area contributed by atoms with E-state index in [0.717, 1.165) is 21.3 Å². The Bertz CT molecular complexity index is 558. The van der Waals surface area contributed by atoms with Crippen LogP contribution < -0.4 is 4.87 Å². The summed E-state index contributed by atoms with van der Waals surface area (Å²) in [6, 6.07) is 0. The van der Waals surface area contributed by atoms with Crippen LogP contribution in [0, 0.1) is 27.7 Å². The van der Waals surface area contributed by atoms with Crippen LogP contribution in [0.4, 0.5) is 0 Å². The second kappa shape index (κ2) is 4.14. The number of aromatic nitrogens is 2. The van der Waals surface area contributed by atoms with Gasteiger partial charge in [-0.15, -0.1) is 11.3 Å². The van der Waals surface area contributed by atoms with E-state index in [0.29, 0.717) is 6.54 Å². The predicted octanol–water partition coefficient (Wildman–Crippen LogP) is 2.65. The van der Waals surface area contributed by atoms with E-state index in [9.17, 15) is 4.79 Å². The molecular weight excluding hydrogens is 240 g/mol. The molecule has 86 valence electrons. The molecule has 0 aromatic carbocycles. The molecule has 0 aliphatic carbocycles. The number of hydrogen-bond acceptors (Lipinski definition) is 4. The maximum Gasteiger partial charge on any atom is 0.307 e. The third-order valence-corrected chi connectivity index (χ3v) is 4.80. The van der Waals surface area contributed by atoms with Crippen molar-refractivity contribution in [1.29, 1.82) is 0 Å². The second-order valence-corrected chi connectivity index (χ2v) is 6.30. The predicted molar refractivity (Wildman–Crippen MR) is 68.7 cm³/mol. The van der Waals surface area contributed by atoms with Gasteiger partial charge in [0.1, 0.15) is 5.01 Å². The van der Waals surface area contributed by atoms with E-state index in [1.165, 1.54) is 16.2 Å². The summed E-state index contributed by atoms with van der Waals surface area (Å²) >= 11 is 2.98. The van der Waals surface area contributed by atoms with Gasteiger partial charge in [0.15, 0.2) is 0 Å². The fourth-order valence-corrected chi connectivity index (χ4v) is 3.27. The molecule has 0 bridgehead atoms. The van der Waals surface area contributed by atoms with Crippen LogP contribution >= 0.6 is 22.7 Å².